The Kier molecular flexibility index (Phi) is 5.12. The minimum Gasteiger partial charge on any atom is -0.458 e. The maximum Gasteiger partial charge on any atom is 0.309 e. The van der Waals surface area contributed by atoms with E-state index < -0.39 is 0 Å². The Balaban J connectivity index is 1.63. The first kappa shape index (κ1) is 15.8. The molecule has 1 saturated carbocycles. The van der Waals surface area contributed by atoms with Crippen LogP contribution in [0.1, 0.15) is 50.7 Å². The zero-order valence-electron chi connectivity index (χ0n) is 13.7. The fraction of sp³-hybridized carbons (Fsp3) is 0.381. The summed E-state index contributed by atoms with van der Waals surface area (Å²) < 4.78 is 5.68. The van der Waals surface area contributed by atoms with Crippen molar-refractivity contribution in [2.45, 2.75) is 45.1 Å². The van der Waals surface area contributed by atoms with E-state index in [9.17, 15) is 4.79 Å². The van der Waals surface area contributed by atoms with E-state index in [1.807, 2.05) is 25.1 Å². The van der Waals surface area contributed by atoms with Gasteiger partial charge in [0.25, 0.3) is 0 Å². The average Bonchev–Trinajstić information content (AvgIpc) is 2.63. The Morgan fingerprint density at radius 1 is 0.913 bits per heavy atom. The lowest BCUT2D eigenvalue weighted by Gasteiger charge is -2.22. The standard InChI is InChI=1S/C21H24O2/c1-16(23-21(22)20-10-6-3-7-11-20)17-12-14-19(15-13-17)18-8-4-2-5-9-18/h2,4-5,8-9,12-16,20H,3,6-7,10-11H2,1H3. The zero-order chi connectivity index (χ0) is 16.1. The first-order chi connectivity index (χ1) is 11.2. The predicted molar refractivity (Wildman–Crippen MR) is 93.0 cm³/mol. The maximum atomic E-state index is 12.2. The van der Waals surface area contributed by atoms with Crippen molar-refractivity contribution < 1.29 is 9.53 Å². The normalized spacial score (nSPS) is 16.7. The Morgan fingerprint density at radius 3 is 2.17 bits per heavy atom. The van der Waals surface area contributed by atoms with Gasteiger partial charge in [-0.15, -0.1) is 0 Å². The molecule has 23 heavy (non-hydrogen) atoms. The molecule has 0 heterocycles. The molecule has 1 atom stereocenters. The molecule has 0 spiro atoms. The lowest BCUT2D eigenvalue weighted by molar-refractivity contribution is -0.154. The van der Waals surface area contributed by atoms with Crippen LogP contribution < -0.4 is 0 Å². The van der Waals surface area contributed by atoms with Crippen LogP contribution in [0.4, 0.5) is 0 Å². The molecular formula is C21H24O2. The largest absolute Gasteiger partial charge is 0.458 e. The highest BCUT2D eigenvalue weighted by Crippen LogP contribution is 2.28. The second-order valence-electron chi connectivity index (χ2n) is 6.40. The highest BCUT2D eigenvalue weighted by atomic mass is 16.5. The summed E-state index contributed by atoms with van der Waals surface area (Å²) in [7, 11) is 0. The van der Waals surface area contributed by atoms with Gasteiger partial charge in [0.2, 0.25) is 0 Å². The summed E-state index contributed by atoms with van der Waals surface area (Å²) in [5.41, 5.74) is 3.43. The van der Waals surface area contributed by atoms with Crippen LogP contribution in [0, 0.1) is 5.92 Å². The van der Waals surface area contributed by atoms with E-state index >= 15 is 0 Å². The Hall–Kier alpha value is -2.09. The monoisotopic (exact) mass is 308 g/mol. The summed E-state index contributed by atoms with van der Waals surface area (Å²) in [6.07, 6.45) is 5.34. The van der Waals surface area contributed by atoms with E-state index in [0.717, 1.165) is 31.2 Å². The number of hydrogen-bond acceptors (Lipinski definition) is 2. The molecule has 0 amide bonds. The fourth-order valence-corrected chi connectivity index (χ4v) is 3.25. The summed E-state index contributed by atoms with van der Waals surface area (Å²) in [5, 5.41) is 0. The highest BCUT2D eigenvalue weighted by molar-refractivity contribution is 5.73. The molecule has 2 aromatic carbocycles. The van der Waals surface area contributed by atoms with Gasteiger partial charge >= 0.3 is 5.97 Å². The van der Waals surface area contributed by atoms with Gasteiger partial charge in [-0.05, 0) is 36.5 Å². The van der Waals surface area contributed by atoms with E-state index in [-0.39, 0.29) is 18.0 Å². The smallest absolute Gasteiger partial charge is 0.309 e. The van der Waals surface area contributed by atoms with Crippen molar-refractivity contribution in [2.75, 3.05) is 0 Å². The van der Waals surface area contributed by atoms with Crippen molar-refractivity contribution >= 4 is 5.97 Å². The van der Waals surface area contributed by atoms with Crippen LogP contribution in [-0.2, 0) is 9.53 Å². The van der Waals surface area contributed by atoms with Gasteiger partial charge in [0.05, 0.1) is 5.92 Å². The van der Waals surface area contributed by atoms with Gasteiger partial charge in [0.1, 0.15) is 6.10 Å². The fourth-order valence-electron chi connectivity index (χ4n) is 3.25. The minimum absolute atomic E-state index is 0.0238. The molecule has 120 valence electrons. The summed E-state index contributed by atoms with van der Waals surface area (Å²) >= 11 is 0. The van der Waals surface area contributed by atoms with Crippen molar-refractivity contribution in [1.82, 2.24) is 0 Å². The zero-order valence-corrected chi connectivity index (χ0v) is 13.7. The van der Waals surface area contributed by atoms with Crippen LogP contribution >= 0.6 is 0 Å². The molecule has 0 radical (unpaired) electrons. The first-order valence-corrected chi connectivity index (χ1v) is 8.60. The van der Waals surface area contributed by atoms with Crippen LogP contribution in [0.25, 0.3) is 11.1 Å². The molecule has 3 rings (SSSR count). The number of rotatable bonds is 4. The molecule has 1 fully saturated rings. The van der Waals surface area contributed by atoms with Gasteiger partial charge in [0, 0.05) is 0 Å². The topological polar surface area (TPSA) is 26.3 Å². The summed E-state index contributed by atoms with van der Waals surface area (Å²) in [4.78, 5) is 12.2. The Morgan fingerprint density at radius 2 is 1.52 bits per heavy atom. The summed E-state index contributed by atoms with van der Waals surface area (Å²) in [6, 6.07) is 18.6. The SMILES string of the molecule is CC(OC(=O)C1CCCCC1)c1ccc(-c2ccccc2)cc1. The number of ether oxygens (including phenoxy) is 1. The van der Waals surface area contributed by atoms with Gasteiger partial charge in [-0.1, -0.05) is 73.9 Å². The molecule has 0 aromatic heterocycles. The number of esters is 1. The quantitative estimate of drug-likeness (QED) is 0.693. The third-order valence-corrected chi connectivity index (χ3v) is 4.72. The van der Waals surface area contributed by atoms with Crippen LogP contribution in [-0.4, -0.2) is 5.97 Å². The third kappa shape index (κ3) is 4.01. The Labute approximate surface area is 138 Å². The molecule has 2 aromatic rings. The molecule has 2 nitrogen and oxygen atoms in total. The second-order valence-corrected chi connectivity index (χ2v) is 6.40. The van der Waals surface area contributed by atoms with Gasteiger partial charge in [-0.3, -0.25) is 4.79 Å². The van der Waals surface area contributed by atoms with E-state index in [4.69, 9.17) is 4.74 Å². The Bertz CT molecular complexity index is 625. The third-order valence-electron chi connectivity index (χ3n) is 4.72. The second kappa shape index (κ2) is 7.45. The van der Waals surface area contributed by atoms with Crippen molar-refractivity contribution in [2.24, 2.45) is 5.92 Å². The van der Waals surface area contributed by atoms with Gasteiger partial charge in [-0.25, -0.2) is 0 Å². The molecule has 1 aliphatic rings. The minimum atomic E-state index is -0.186. The predicted octanol–water partition coefficient (Wildman–Crippen LogP) is 5.54. The highest BCUT2D eigenvalue weighted by Gasteiger charge is 2.24. The van der Waals surface area contributed by atoms with Gasteiger partial charge < -0.3 is 4.74 Å². The molecule has 2 heteroatoms. The molecule has 0 aliphatic heterocycles. The van der Waals surface area contributed by atoms with E-state index in [1.165, 1.54) is 17.5 Å². The number of hydrogen-bond donors (Lipinski definition) is 0. The number of carbonyl (C=O) groups is 1. The molecule has 1 aliphatic carbocycles. The van der Waals surface area contributed by atoms with Crippen molar-refractivity contribution in [1.29, 1.82) is 0 Å². The lowest BCUT2D eigenvalue weighted by atomic mass is 9.89. The number of carbonyl (C=O) groups excluding carboxylic acids is 1. The van der Waals surface area contributed by atoms with E-state index in [0.29, 0.717) is 0 Å². The maximum absolute atomic E-state index is 12.2. The van der Waals surface area contributed by atoms with E-state index in [2.05, 4.69) is 36.4 Å². The van der Waals surface area contributed by atoms with Gasteiger partial charge in [-0.2, -0.15) is 0 Å². The van der Waals surface area contributed by atoms with Crippen LogP contribution in [0.2, 0.25) is 0 Å². The lowest BCUT2D eigenvalue weighted by Crippen LogP contribution is -2.21. The molecule has 0 N–H and O–H groups in total. The molecule has 0 saturated heterocycles. The van der Waals surface area contributed by atoms with Crippen LogP contribution in [0.3, 0.4) is 0 Å². The van der Waals surface area contributed by atoms with Crippen molar-refractivity contribution in [3.05, 3.63) is 60.2 Å². The molecule has 0 bridgehead atoms. The molecular weight excluding hydrogens is 284 g/mol. The van der Waals surface area contributed by atoms with Crippen LogP contribution in [0.5, 0.6) is 0 Å². The first-order valence-electron chi connectivity index (χ1n) is 8.60. The summed E-state index contributed by atoms with van der Waals surface area (Å²) in [6.45, 7) is 1.96. The van der Waals surface area contributed by atoms with E-state index in [1.54, 1.807) is 0 Å². The van der Waals surface area contributed by atoms with Crippen LogP contribution in [0.15, 0.2) is 54.6 Å². The summed E-state index contributed by atoms with van der Waals surface area (Å²) in [5.74, 6) is 0.0825. The van der Waals surface area contributed by atoms with Gasteiger partial charge in [0.15, 0.2) is 0 Å². The average molecular weight is 308 g/mol. The van der Waals surface area contributed by atoms with Crippen molar-refractivity contribution in [3.8, 4) is 11.1 Å². The van der Waals surface area contributed by atoms with Crippen molar-refractivity contribution in [3.63, 3.8) is 0 Å². The number of benzene rings is 2. The molecule has 1 unspecified atom stereocenters.